The van der Waals surface area contributed by atoms with Crippen molar-refractivity contribution in [1.29, 1.82) is 0 Å². The first-order valence-corrected chi connectivity index (χ1v) is 7.42. The Morgan fingerprint density at radius 1 is 1.18 bits per heavy atom. The Kier molecular flexibility index (Phi) is 7.14. The molecule has 0 aromatic carbocycles. The van der Waals surface area contributed by atoms with Gasteiger partial charge in [0, 0.05) is 19.3 Å². The first kappa shape index (κ1) is 15.0. The smallest absolute Gasteiger partial charge is 0.0466 e. The van der Waals surface area contributed by atoms with Crippen molar-refractivity contribution in [3.63, 3.8) is 0 Å². The summed E-state index contributed by atoms with van der Waals surface area (Å²) in [6.07, 6.45) is 6.69. The lowest BCUT2D eigenvalue weighted by molar-refractivity contribution is 0.129. The maximum absolute atomic E-state index is 5.43. The lowest BCUT2D eigenvalue weighted by Crippen LogP contribution is -2.38. The van der Waals surface area contributed by atoms with Gasteiger partial charge in [-0.05, 0) is 63.8 Å². The maximum Gasteiger partial charge on any atom is 0.0466 e. The zero-order valence-corrected chi connectivity index (χ0v) is 12.2. The molecular formula is C15H31NO. The van der Waals surface area contributed by atoms with E-state index in [-0.39, 0.29) is 0 Å². The first-order chi connectivity index (χ1) is 8.17. The molecule has 0 saturated heterocycles. The predicted octanol–water partition coefficient (Wildman–Crippen LogP) is 3.46. The molecule has 1 rings (SSSR count). The van der Waals surface area contributed by atoms with Crippen molar-refractivity contribution in [3.05, 3.63) is 0 Å². The molecule has 1 aliphatic carbocycles. The number of nitrogens with one attached hydrogen (secondary N) is 1. The largest absolute Gasteiger partial charge is 0.382 e. The van der Waals surface area contributed by atoms with Gasteiger partial charge in [-0.1, -0.05) is 13.8 Å². The van der Waals surface area contributed by atoms with Crippen LogP contribution in [0.1, 0.15) is 52.9 Å². The fraction of sp³-hybridized carbons (Fsp3) is 1.00. The minimum atomic E-state index is 0.695. The summed E-state index contributed by atoms with van der Waals surface area (Å²) in [5.74, 6) is 2.69. The average molecular weight is 241 g/mol. The van der Waals surface area contributed by atoms with Crippen LogP contribution in [0.3, 0.4) is 0 Å². The van der Waals surface area contributed by atoms with Crippen LogP contribution in [0, 0.1) is 17.8 Å². The highest BCUT2D eigenvalue weighted by Crippen LogP contribution is 2.35. The Hall–Kier alpha value is -0.0800. The van der Waals surface area contributed by atoms with E-state index in [2.05, 4.69) is 33.1 Å². The highest BCUT2D eigenvalue weighted by molar-refractivity contribution is 4.83. The number of ether oxygens (including phenoxy) is 1. The van der Waals surface area contributed by atoms with E-state index in [9.17, 15) is 0 Å². The third-order valence-corrected chi connectivity index (χ3v) is 4.16. The molecule has 1 aliphatic rings. The van der Waals surface area contributed by atoms with Gasteiger partial charge in [0.25, 0.3) is 0 Å². The fourth-order valence-corrected chi connectivity index (χ4v) is 3.50. The Morgan fingerprint density at radius 3 is 2.35 bits per heavy atom. The van der Waals surface area contributed by atoms with Crippen molar-refractivity contribution in [2.75, 3.05) is 20.3 Å². The molecule has 0 bridgehead atoms. The van der Waals surface area contributed by atoms with Gasteiger partial charge in [0.2, 0.25) is 0 Å². The second-order valence-electron chi connectivity index (χ2n) is 5.91. The summed E-state index contributed by atoms with van der Waals surface area (Å²) in [7, 11) is 2.12. The molecular weight excluding hydrogens is 210 g/mol. The van der Waals surface area contributed by atoms with Gasteiger partial charge in [0.1, 0.15) is 0 Å². The van der Waals surface area contributed by atoms with Crippen LogP contribution in [-0.2, 0) is 4.74 Å². The predicted molar refractivity (Wildman–Crippen MR) is 74.2 cm³/mol. The van der Waals surface area contributed by atoms with Crippen LogP contribution >= 0.6 is 0 Å². The summed E-state index contributed by atoms with van der Waals surface area (Å²) >= 11 is 0. The second-order valence-corrected chi connectivity index (χ2v) is 5.91. The van der Waals surface area contributed by atoms with E-state index >= 15 is 0 Å². The monoisotopic (exact) mass is 241 g/mol. The summed E-state index contributed by atoms with van der Waals surface area (Å²) in [5, 5.41) is 3.53. The van der Waals surface area contributed by atoms with Crippen LogP contribution in [-0.4, -0.2) is 26.3 Å². The highest BCUT2D eigenvalue weighted by atomic mass is 16.5. The summed E-state index contributed by atoms with van der Waals surface area (Å²) in [6, 6.07) is 0.695. The normalized spacial score (nSPS) is 31.4. The molecule has 0 aliphatic heterocycles. The topological polar surface area (TPSA) is 21.3 Å². The van der Waals surface area contributed by atoms with E-state index in [1.165, 1.54) is 32.1 Å². The van der Waals surface area contributed by atoms with Crippen LogP contribution in [0.4, 0.5) is 0 Å². The van der Waals surface area contributed by atoms with Crippen LogP contribution in [0.25, 0.3) is 0 Å². The van der Waals surface area contributed by atoms with Gasteiger partial charge in [0.15, 0.2) is 0 Å². The minimum absolute atomic E-state index is 0.695. The molecule has 3 unspecified atom stereocenters. The molecule has 1 N–H and O–H groups in total. The SMILES string of the molecule is CCOCCCC(NC)C1CC(C)CC(C)C1. The molecule has 3 atom stereocenters. The van der Waals surface area contributed by atoms with E-state index in [0.29, 0.717) is 6.04 Å². The molecule has 102 valence electrons. The van der Waals surface area contributed by atoms with E-state index in [1.807, 2.05) is 0 Å². The Bertz CT molecular complexity index is 185. The van der Waals surface area contributed by atoms with Gasteiger partial charge in [0.05, 0.1) is 0 Å². The van der Waals surface area contributed by atoms with E-state index in [4.69, 9.17) is 4.74 Å². The molecule has 0 radical (unpaired) electrons. The fourth-order valence-electron chi connectivity index (χ4n) is 3.50. The molecule has 1 fully saturated rings. The Balaban J connectivity index is 2.32. The quantitative estimate of drug-likeness (QED) is 0.689. The zero-order valence-electron chi connectivity index (χ0n) is 12.2. The van der Waals surface area contributed by atoms with Crippen molar-refractivity contribution in [3.8, 4) is 0 Å². The zero-order chi connectivity index (χ0) is 12.7. The molecule has 0 aromatic heterocycles. The van der Waals surface area contributed by atoms with Crippen molar-refractivity contribution < 1.29 is 4.74 Å². The van der Waals surface area contributed by atoms with Crippen LogP contribution in [0.2, 0.25) is 0 Å². The summed E-state index contributed by atoms with van der Waals surface area (Å²) < 4.78 is 5.43. The summed E-state index contributed by atoms with van der Waals surface area (Å²) in [4.78, 5) is 0. The lowest BCUT2D eigenvalue weighted by Gasteiger charge is -2.36. The van der Waals surface area contributed by atoms with E-state index in [0.717, 1.165) is 31.0 Å². The van der Waals surface area contributed by atoms with Crippen molar-refractivity contribution >= 4 is 0 Å². The molecule has 0 aromatic rings. The summed E-state index contributed by atoms with van der Waals surface area (Å²) in [5.41, 5.74) is 0. The van der Waals surface area contributed by atoms with Crippen molar-refractivity contribution in [1.82, 2.24) is 5.32 Å². The molecule has 17 heavy (non-hydrogen) atoms. The molecule has 0 spiro atoms. The lowest BCUT2D eigenvalue weighted by atomic mass is 9.73. The van der Waals surface area contributed by atoms with Gasteiger partial charge in [-0.25, -0.2) is 0 Å². The molecule has 0 heterocycles. The van der Waals surface area contributed by atoms with Crippen LogP contribution in [0.15, 0.2) is 0 Å². The number of hydrogen-bond acceptors (Lipinski definition) is 2. The average Bonchev–Trinajstić information content (AvgIpc) is 2.28. The van der Waals surface area contributed by atoms with E-state index in [1.54, 1.807) is 0 Å². The number of rotatable bonds is 7. The third kappa shape index (κ3) is 5.39. The Labute approximate surface area is 108 Å². The van der Waals surface area contributed by atoms with Gasteiger partial charge in [-0.3, -0.25) is 0 Å². The molecule has 2 heteroatoms. The van der Waals surface area contributed by atoms with Gasteiger partial charge >= 0.3 is 0 Å². The summed E-state index contributed by atoms with van der Waals surface area (Å²) in [6.45, 7) is 8.67. The third-order valence-electron chi connectivity index (χ3n) is 4.16. The Morgan fingerprint density at radius 2 is 1.82 bits per heavy atom. The van der Waals surface area contributed by atoms with Crippen LogP contribution in [0.5, 0.6) is 0 Å². The number of hydrogen-bond donors (Lipinski definition) is 1. The van der Waals surface area contributed by atoms with E-state index < -0.39 is 0 Å². The molecule has 1 saturated carbocycles. The van der Waals surface area contributed by atoms with Crippen molar-refractivity contribution in [2.24, 2.45) is 17.8 Å². The standard InChI is InChI=1S/C15H31NO/c1-5-17-8-6-7-15(16-4)14-10-12(2)9-13(3)11-14/h12-16H,5-11H2,1-4H3. The molecule has 2 nitrogen and oxygen atoms in total. The highest BCUT2D eigenvalue weighted by Gasteiger charge is 2.28. The molecule has 0 amide bonds. The first-order valence-electron chi connectivity index (χ1n) is 7.42. The van der Waals surface area contributed by atoms with Crippen LogP contribution < -0.4 is 5.32 Å². The van der Waals surface area contributed by atoms with Gasteiger partial charge in [-0.2, -0.15) is 0 Å². The van der Waals surface area contributed by atoms with Gasteiger partial charge < -0.3 is 10.1 Å². The second kappa shape index (κ2) is 8.10. The van der Waals surface area contributed by atoms with Gasteiger partial charge in [-0.15, -0.1) is 0 Å². The maximum atomic E-state index is 5.43. The minimum Gasteiger partial charge on any atom is -0.382 e. The van der Waals surface area contributed by atoms with Crippen molar-refractivity contribution in [2.45, 2.75) is 58.9 Å².